The van der Waals surface area contributed by atoms with Crippen LogP contribution in [0.15, 0.2) is 24.3 Å². The second-order valence-electron chi connectivity index (χ2n) is 5.75. The summed E-state index contributed by atoms with van der Waals surface area (Å²) in [5, 5.41) is 3.46. The van der Waals surface area contributed by atoms with Crippen LogP contribution in [-0.2, 0) is 17.8 Å². The Morgan fingerprint density at radius 1 is 1.23 bits per heavy atom. The summed E-state index contributed by atoms with van der Waals surface area (Å²) in [7, 11) is 0. The fourth-order valence-corrected chi connectivity index (χ4v) is 3.06. The van der Waals surface area contributed by atoms with Gasteiger partial charge >= 0.3 is 0 Å². The van der Waals surface area contributed by atoms with Crippen LogP contribution >= 0.6 is 0 Å². The molecule has 3 rings (SSSR count). The molecule has 1 N–H and O–H groups in total. The van der Waals surface area contributed by atoms with E-state index in [2.05, 4.69) is 39.0 Å². The molecule has 1 fully saturated rings. The monoisotopic (exact) mass is 302 g/mol. The number of nitrogens with one attached hydrogen (secondary N) is 1. The Bertz CT molecular complexity index is 587. The summed E-state index contributed by atoms with van der Waals surface area (Å²) in [6.45, 7) is 9.76. The van der Waals surface area contributed by atoms with Crippen molar-refractivity contribution >= 4 is 11.0 Å². The molecule has 1 aromatic heterocycles. The summed E-state index contributed by atoms with van der Waals surface area (Å²) in [4.78, 5) is 7.36. The van der Waals surface area contributed by atoms with Crippen LogP contribution in [0.3, 0.4) is 0 Å². The summed E-state index contributed by atoms with van der Waals surface area (Å²) in [5.74, 6) is 1.16. The molecule has 0 saturated carbocycles. The fourth-order valence-electron chi connectivity index (χ4n) is 3.06. The summed E-state index contributed by atoms with van der Waals surface area (Å²) in [6.07, 6.45) is 1.21. The van der Waals surface area contributed by atoms with Crippen molar-refractivity contribution in [3.63, 3.8) is 0 Å². The SMILES string of the molecule is CCOCCn1c(CN2CCCNCC2)nc2ccccc21. The van der Waals surface area contributed by atoms with Crippen molar-refractivity contribution in [1.82, 2.24) is 19.8 Å². The Morgan fingerprint density at radius 3 is 3.05 bits per heavy atom. The minimum absolute atomic E-state index is 0.741. The van der Waals surface area contributed by atoms with Crippen molar-refractivity contribution in [2.24, 2.45) is 0 Å². The zero-order valence-electron chi connectivity index (χ0n) is 13.4. The van der Waals surface area contributed by atoms with E-state index in [1.165, 1.54) is 11.9 Å². The van der Waals surface area contributed by atoms with Gasteiger partial charge in [-0.25, -0.2) is 4.98 Å². The van der Waals surface area contributed by atoms with Crippen molar-refractivity contribution in [3.05, 3.63) is 30.1 Å². The molecular formula is C17H26N4O. The molecule has 2 heterocycles. The molecule has 1 saturated heterocycles. The molecule has 2 aromatic rings. The van der Waals surface area contributed by atoms with Crippen LogP contribution in [0.1, 0.15) is 19.2 Å². The van der Waals surface area contributed by atoms with E-state index in [1.54, 1.807) is 0 Å². The van der Waals surface area contributed by atoms with Crippen LogP contribution < -0.4 is 5.32 Å². The average molecular weight is 302 g/mol. The maximum absolute atomic E-state index is 5.55. The van der Waals surface area contributed by atoms with Gasteiger partial charge in [-0.3, -0.25) is 4.90 Å². The smallest absolute Gasteiger partial charge is 0.124 e. The van der Waals surface area contributed by atoms with Gasteiger partial charge < -0.3 is 14.6 Å². The predicted molar refractivity (Wildman–Crippen MR) is 89.0 cm³/mol. The largest absolute Gasteiger partial charge is 0.380 e. The molecule has 0 atom stereocenters. The van der Waals surface area contributed by atoms with Crippen LogP contribution in [-0.4, -0.2) is 53.8 Å². The first kappa shape index (κ1) is 15.5. The van der Waals surface area contributed by atoms with Crippen LogP contribution in [0.4, 0.5) is 0 Å². The summed E-state index contributed by atoms with van der Waals surface area (Å²) < 4.78 is 7.87. The van der Waals surface area contributed by atoms with E-state index < -0.39 is 0 Å². The van der Waals surface area contributed by atoms with Gasteiger partial charge in [0.1, 0.15) is 5.82 Å². The number of aromatic nitrogens is 2. The second kappa shape index (κ2) is 7.72. The van der Waals surface area contributed by atoms with Gasteiger partial charge in [0, 0.05) is 26.2 Å². The number of imidazole rings is 1. The van der Waals surface area contributed by atoms with Gasteiger partial charge in [0.25, 0.3) is 0 Å². The zero-order valence-corrected chi connectivity index (χ0v) is 13.4. The summed E-state index contributed by atoms with van der Waals surface area (Å²) >= 11 is 0. The molecule has 1 aliphatic rings. The Balaban J connectivity index is 1.81. The van der Waals surface area contributed by atoms with Crippen LogP contribution in [0.25, 0.3) is 11.0 Å². The standard InChI is InChI=1S/C17H26N4O/c1-2-22-13-12-21-16-7-4-3-6-15(16)19-17(21)14-20-10-5-8-18-9-11-20/h3-4,6-7,18H,2,5,8-14H2,1H3. The first-order valence-electron chi connectivity index (χ1n) is 8.33. The van der Waals surface area contributed by atoms with Gasteiger partial charge in [0.15, 0.2) is 0 Å². The zero-order chi connectivity index (χ0) is 15.2. The molecule has 1 aliphatic heterocycles. The minimum atomic E-state index is 0.741. The quantitative estimate of drug-likeness (QED) is 0.827. The number of hydrogen-bond donors (Lipinski definition) is 1. The molecule has 22 heavy (non-hydrogen) atoms. The maximum atomic E-state index is 5.55. The number of hydrogen-bond acceptors (Lipinski definition) is 4. The molecule has 0 amide bonds. The summed E-state index contributed by atoms with van der Waals surface area (Å²) in [5.41, 5.74) is 2.30. The molecule has 120 valence electrons. The molecule has 0 unspecified atom stereocenters. The lowest BCUT2D eigenvalue weighted by atomic mass is 10.3. The van der Waals surface area contributed by atoms with Crippen molar-refractivity contribution in [1.29, 1.82) is 0 Å². The third kappa shape index (κ3) is 3.66. The number of para-hydroxylation sites is 2. The van der Waals surface area contributed by atoms with Gasteiger partial charge in [-0.1, -0.05) is 12.1 Å². The van der Waals surface area contributed by atoms with E-state index >= 15 is 0 Å². The number of fused-ring (bicyclic) bond motifs is 1. The molecule has 5 nitrogen and oxygen atoms in total. The van der Waals surface area contributed by atoms with E-state index in [0.29, 0.717) is 0 Å². The Kier molecular flexibility index (Phi) is 5.43. The second-order valence-corrected chi connectivity index (χ2v) is 5.75. The molecule has 0 bridgehead atoms. The third-order valence-electron chi connectivity index (χ3n) is 4.19. The van der Waals surface area contributed by atoms with Crippen LogP contribution in [0.2, 0.25) is 0 Å². The van der Waals surface area contributed by atoms with Crippen LogP contribution in [0.5, 0.6) is 0 Å². The highest BCUT2D eigenvalue weighted by atomic mass is 16.5. The Labute approximate surface area is 132 Å². The van der Waals surface area contributed by atoms with E-state index in [-0.39, 0.29) is 0 Å². The predicted octanol–water partition coefficient (Wildman–Crippen LogP) is 1.87. The molecule has 0 aliphatic carbocycles. The topological polar surface area (TPSA) is 42.3 Å². The minimum Gasteiger partial charge on any atom is -0.380 e. The molecule has 0 radical (unpaired) electrons. The highest BCUT2D eigenvalue weighted by Gasteiger charge is 2.15. The molecular weight excluding hydrogens is 276 g/mol. The van der Waals surface area contributed by atoms with Crippen molar-refractivity contribution in [3.8, 4) is 0 Å². The van der Waals surface area contributed by atoms with Gasteiger partial charge in [0.05, 0.1) is 24.2 Å². The van der Waals surface area contributed by atoms with Gasteiger partial charge in [-0.2, -0.15) is 0 Å². The molecule has 5 heteroatoms. The highest BCUT2D eigenvalue weighted by molar-refractivity contribution is 5.75. The number of ether oxygens (including phenoxy) is 1. The Hall–Kier alpha value is -1.43. The van der Waals surface area contributed by atoms with Crippen molar-refractivity contribution < 1.29 is 4.74 Å². The highest BCUT2D eigenvalue weighted by Crippen LogP contribution is 2.17. The van der Waals surface area contributed by atoms with E-state index in [0.717, 1.165) is 63.8 Å². The molecule has 1 aromatic carbocycles. The average Bonchev–Trinajstić information content (AvgIpc) is 2.71. The normalized spacial score (nSPS) is 17.0. The first-order chi connectivity index (χ1) is 10.9. The Morgan fingerprint density at radius 2 is 2.14 bits per heavy atom. The fraction of sp³-hybridized carbons (Fsp3) is 0.588. The lowest BCUT2D eigenvalue weighted by Gasteiger charge is -2.19. The van der Waals surface area contributed by atoms with Crippen molar-refractivity contribution in [2.75, 3.05) is 39.4 Å². The van der Waals surface area contributed by atoms with Gasteiger partial charge in [0.2, 0.25) is 0 Å². The lowest BCUT2D eigenvalue weighted by Crippen LogP contribution is -2.29. The lowest BCUT2D eigenvalue weighted by molar-refractivity contribution is 0.138. The number of rotatable bonds is 6. The van der Waals surface area contributed by atoms with Gasteiger partial charge in [-0.05, 0) is 38.6 Å². The van der Waals surface area contributed by atoms with E-state index in [1.807, 2.05) is 6.92 Å². The first-order valence-corrected chi connectivity index (χ1v) is 8.33. The number of nitrogens with zero attached hydrogens (tertiary/aromatic N) is 3. The van der Waals surface area contributed by atoms with E-state index in [4.69, 9.17) is 9.72 Å². The maximum Gasteiger partial charge on any atom is 0.124 e. The molecule has 0 spiro atoms. The number of benzene rings is 1. The van der Waals surface area contributed by atoms with Crippen molar-refractivity contribution in [2.45, 2.75) is 26.4 Å². The van der Waals surface area contributed by atoms with Gasteiger partial charge in [-0.15, -0.1) is 0 Å². The van der Waals surface area contributed by atoms with E-state index in [9.17, 15) is 0 Å². The summed E-state index contributed by atoms with van der Waals surface area (Å²) in [6, 6.07) is 8.39. The third-order valence-corrected chi connectivity index (χ3v) is 4.19. The van der Waals surface area contributed by atoms with Crippen LogP contribution in [0, 0.1) is 0 Å².